The maximum Gasteiger partial charge on any atom is 0.337 e. The Morgan fingerprint density at radius 1 is 1.53 bits per heavy atom. The third-order valence-corrected chi connectivity index (χ3v) is 3.32. The van der Waals surface area contributed by atoms with Crippen LogP contribution in [-0.2, 0) is 0 Å². The lowest BCUT2D eigenvalue weighted by molar-refractivity contribution is 0.0696. The molecule has 1 aromatic heterocycles. The lowest BCUT2D eigenvalue weighted by atomic mass is 10.00. The van der Waals surface area contributed by atoms with Crippen LogP contribution in [0.1, 0.15) is 17.3 Å². The number of aliphatic hydroxyl groups is 1. The Morgan fingerprint density at radius 3 is 2.76 bits per heavy atom. The van der Waals surface area contributed by atoms with E-state index in [9.17, 15) is 9.90 Å². The minimum absolute atomic E-state index is 0.185. The van der Waals surface area contributed by atoms with E-state index in [1.54, 1.807) is 12.1 Å². The van der Waals surface area contributed by atoms with Gasteiger partial charge in [0.2, 0.25) is 0 Å². The third-order valence-electron chi connectivity index (χ3n) is 3.32. The number of carboxylic acid groups (broad SMARTS) is 1. The number of aliphatic hydroxyl groups excluding tert-OH is 1. The predicted octanol–water partition coefficient (Wildman–Crippen LogP) is 0.844. The summed E-state index contributed by atoms with van der Waals surface area (Å²) in [5.41, 5.74) is 0.194. The van der Waals surface area contributed by atoms with Crippen LogP contribution in [0, 0.1) is 11.8 Å². The number of rotatable bonds is 3. The Morgan fingerprint density at radius 2 is 2.29 bits per heavy atom. The maximum atomic E-state index is 10.7. The van der Waals surface area contributed by atoms with E-state index in [-0.39, 0.29) is 18.1 Å². The van der Waals surface area contributed by atoms with Crippen molar-refractivity contribution in [2.45, 2.75) is 6.92 Å². The molecule has 1 saturated heterocycles. The average Bonchev–Trinajstić information content (AvgIpc) is 2.70. The van der Waals surface area contributed by atoms with Crippen LogP contribution in [-0.4, -0.2) is 40.9 Å². The van der Waals surface area contributed by atoms with Gasteiger partial charge in [0, 0.05) is 31.8 Å². The normalized spacial score (nSPS) is 24.0. The molecule has 0 aromatic carbocycles. The molecule has 0 spiro atoms. The summed E-state index contributed by atoms with van der Waals surface area (Å²) in [5.74, 6) is 0.516. The summed E-state index contributed by atoms with van der Waals surface area (Å²) in [4.78, 5) is 16.9. The highest BCUT2D eigenvalue weighted by Crippen LogP contribution is 2.26. The van der Waals surface area contributed by atoms with Gasteiger partial charge in [0.15, 0.2) is 0 Å². The molecule has 1 aliphatic heterocycles. The number of aromatic nitrogens is 1. The average molecular weight is 236 g/mol. The SMILES string of the molecule is C[C@@H]1CN(c2ccc(C(=O)O)cn2)C[C@@H]1CO. The minimum atomic E-state index is -0.966. The van der Waals surface area contributed by atoms with Crippen LogP contribution in [0.2, 0.25) is 0 Å². The summed E-state index contributed by atoms with van der Waals surface area (Å²) in [5, 5.41) is 18.0. The lowest BCUT2D eigenvalue weighted by Crippen LogP contribution is -2.21. The monoisotopic (exact) mass is 236 g/mol. The summed E-state index contributed by atoms with van der Waals surface area (Å²) >= 11 is 0. The number of hydrogen-bond donors (Lipinski definition) is 2. The van der Waals surface area contributed by atoms with Crippen molar-refractivity contribution in [1.82, 2.24) is 4.98 Å². The molecule has 5 nitrogen and oxygen atoms in total. The van der Waals surface area contributed by atoms with E-state index in [1.165, 1.54) is 6.20 Å². The second-order valence-corrected chi connectivity index (χ2v) is 4.54. The zero-order valence-electron chi connectivity index (χ0n) is 9.71. The fourth-order valence-electron chi connectivity index (χ4n) is 2.16. The van der Waals surface area contributed by atoms with E-state index in [1.807, 2.05) is 0 Å². The van der Waals surface area contributed by atoms with Crippen LogP contribution in [0.15, 0.2) is 18.3 Å². The molecule has 2 heterocycles. The van der Waals surface area contributed by atoms with Gasteiger partial charge in [0.25, 0.3) is 0 Å². The molecule has 5 heteroatoms. The van der Waals surface area contributed by atoms with E-state index in [2.05, 4.69) is 16.8 Å². The number of nitrogens with zero attached hydrogens (tertiary/aromatic N) is 2. The van der Waals surface area contributed by atoms with E-state index >= 15 is 0 Å². The van der Waals surface area contributed by atoms with E-state index in [0.29, 0.717) is 5.92 Å². The van der Waals surface area contributed by atoms with Crippen molar-refractivity contribution in [3.63, 3.8) is 0 Å². The fourth-order valence-corrected chi connectivity index (χ4v) is 2.16. The Hall–Kier alpha value is -1.62. The standard InChI is InChI=1S/C12H16N2O3/c1-8-5-14(6-10(8)7-15)11-3-2-9(4-13-11)12(16)17/h2-4,8,10,15H,5-7H2,1H3,(H,16,17)/t8-,10-/m1/s1. The minimum Gasteiger partial charge on any atom is -0.478 e. The summed E-state index contributed by atoms with van der Waals surface area (Å²) in [6, 6.07) is 3.28. The van der Waals surface area contributed by atoms with E-state index in [4.69, 9.17) is 5.11 Å². The summed E-state index contributed by atoms with van der Waals surface area (Å²) < 4.78 is 0. The predicted molar refractivity (Wildman–Crippen MR) is 63.1 cm³/mol. The zero-order chi connectivity index (χ0) is 12.4. The number of pyridine rings is 1. The van der Waals surface area contributed by atoms with Crippen LogP contribution in [0.5, 0.6) is 0 Å². The van der Waals surface area contributed by atoms with Crippen molar-refractivity contribution >= 4 is 11.8 Å². The quantitative estimate of drug-likeness (QED) is 0.813. The molecule has 1 aromatic rings. The molecule has 0 bridgehead atoms. The Kier molecular flexibility index (Phi) is 3.28. The summed E-state index contributed by atoms with van der Waals surface area (Å²) in [6.07, 6.45) is 1.37. The zero-order valence-corrected chi connectivity index (χ0v) is 9.71. The van der Waals surface area contributed by atoms with Crippen LogP contribution in [0.4, 0.5) is 5.82 Å². The lowest BCUT2D eigenvalue weighted by Gasteiger charge is -2.16. The fraction of sp³-hybridized carbons (Fsp3) is 0.500. The van der Waals surface area contributed by atoms with E-state index < -0.39 is 5.97 Å². The number of anilines is 1. The molecular formula is C12H16N2O3. The molecular weight excluding hydrogens is 220 g/mol. The first-order chi connectivity index (χ1) is 8.11. The van der Waals surface area contributed by atoms with Crippen molar-refractivity contribution in [2.75, 3.05) is 24.6 Å². The van der Waals surface area contributed by atoms with Gasteiger partial charge in [-0.3, -0.25) is 0 Å². The first-order valence-corrected chi connectivity index (χ1v) is 5.67. The molecule has 92 valence electrons. The maximum absolute atomic E-state index is 10.7. The first kappa shape index (κ1) is 11.9. The van der Waals surface area contributed by atoms with Gasteiger partial charge in [-0.2, -0.15) is 0 Å². The molecule has 2 atom stereocenters. The highest BCUT2D eigenvalue weighted by atomic mass is 16.4. The van der Waals surface area contributed by atoms with Crippen molar-refractivity contribution in [3.8, 4) is 0 Å². The molecule has 0 amide bonds. The van der Waals surface area contributed by atoms with Crippen LogP contribution in [0.3, 0.4) is 0 Å². The second kappa shape index (κ2) is 4.71. The topological polar surface area (TPSA) is 73.7 Å². The molecule has 0 aliphatic carbocycles. The smallest absolute Gasteiger partial charge is 0.337 e. The van der Waals surface area contributed by atoms with Crippen molar-refractivity contribution in [1.29, 1.82) is 0 Å². The Labute approximate surface area is 99.7 Å². The van der Waals surface area contributed by atoms with Gasteiger partial charge in [-0.15, -0.1) is 0 Å². The van der Waals surface area contributed by atoms with Gasteiger partial charge in [-0.25, -0.2) is 9.78 Å². The van der Waals surface area contributed by atoms with Gasteiger partial charge in [-0.1, -0.05) is 6.92 Å². The number of carbonyl (C=O) groups is 1. The van der Waals surface area contributed by atoms with Crippen molar-refractivity contribution < 1.29 is 15.0 Å². The Bertz CT molecular complexity index is 405. The van der Waals surface area contributed by atoms with Gasteiger partial charge in [0.05, 0.1) is 5.56 Å². The number of carboxylic acids is 1. The van der Waals surface area contributed by atoms with Crippen LogP contribution in [0.25, 0.3) is 0 Å². The molecule has 0 unspecified atom stereocenters. The number of hydrogen-bond acceptors (Lipinski definition) is 4. The van der Waals surface area contributed by atoms with Gasteiger partial charge >= 0.3 is 5.97 Å². The number of aromatic carboxylic acids is 1. The van der Waals surface area contributed by atoms with Crippen LogP contribution < -0.4 is 4.90 Å². The molecule has 17 heavy (non-hydrogen) atoms. The van der Waals surface area contributed by atoms with Crippen LogP contribution >= 0.6 is 0 Å². The molecule has 0 saturated carbocycles. The third kappa shape index (κ3) is 2.39. The molecule has 0 radical (unpaired) electrons. The Balaban J connectivity index is 2.11. The summed E-state index contributed by atoms with van der Waals surface area (Å²) in [7, 11) is 0. The van der Waals surface area contributed by atoms with Gasteiger partial charge in [0.1, 0.15) is 5.82 Å². The van der Waals surface area contributed by atoms with Gasteiger partial charge < -0.3 is 15.1 Å². The highest BCUT2D eigenvalue weighted by molar-refractivity contribution is 5.87. The van der Waals surface area contributed by atoms with Crippen molar-refractivity contribution in [3.05, 3.63) is 23.9 Å². The largest absolute Gasteiger partial charge is 0.478 e. The van der Waals surface area contributed by atoms with Gasteiger partial charge in [-0.05, 0) is 18.1 Å². The molecule has 1 fully saturated rings. The van der Waals surface area contributed by atoms with Crippen molar-refractivity contribution in [2.24, 2.45) is 11.8 Å². The second-order valence-electron chi connectivity index (χ2n) is 4.54. The molecule has 2 rings (SSSR count). The molecule has 2 N–H and O–H groups in total. The molecule has 1 aliphatic rings. The van der Waals surface area contributed by atoms with E-state index in [0.717, 1.165) is 18.9 Å². The highest BCUT2D eigenvalue weighted by Gasteiger charge is 2.29. The summed E-state index contributed by atoms with van der Waals surface area (Å²) in [6.45, 7) is 3.92. The first-order valence-electron chi connectivity index (χ1n) is 5.67.